The van der Waals surface area contributed by atoms with Gasteiger partial charge in [-0.2, -0.15) is 0 Å². The number of ether oxygens (including phenoxy) is 2. The molecule has 2 aromatic carbocycles. The fourth-order valence-corrected chi connectivity index (χ4v) is 2.26. The van der Waals surface area contributed by atoms with E-state index in [0.717, 1.165) is 6.07 Å². The quantitative estimate of drug-likeness (QED) is 0.780. The summed E-state index contributed by atoms with van der Waals surface area (Å²) in [5.74, 6) is -1.32. The number of carbonyl (C=O) groups excluding carboxylic acids is 2. The number of hydrogen-bond donors (Lipinski definition) is 2. The molecule has 2 aromatic rings. The van der Waals surface area contributed by atoms with Crippen molar-refractivity contribution in [2.75, 3.05) is 7.11 Å². The first-order valence-electron chi connectivity index (χ1n) is 7.72. The lowest BCUT2D eigenvalue weighted by Gasteiger charge is -2.14. The van der Waals surface area contributed by atoms with Crippen LogP contribution in [-0.2, 0) is 0 Å². The summed E-state index contributed by atoms with van der Waals surface area (Å²) in [5, 5.41) is 0.202. The molecule has 0 fully saturated rings. The minimum Gasteiger partial charge on any atom is -0.493 e. The third-order valence-corrected chi connectivity index (χ3v) is 3.49. The lowest BCUT2D eigenvalue weighted by Crippen LogP contribution is -2.42. The van der Waals surface area contributed by atoms with Crippen LogP contribution in [0, 0.1) is 5.82 Å². The Morgan fingerprint density at radius 1 is 1.04 bits per heavy atom. The van der Waals surface area contributed by atoms with Crippen LogP contribution >= 0.6 is 11.6 Å². The van der Waals surface area contributed by atoms with Gasteiger partial charge in [-0.25, -0.2) is 4.39 Å². The molecule has 0 saturated carbocycles. The van der Waals surface area contributed by atoms with E-state index in [1.807, 2.05) is 13.8 Å². The van der Waals surface area contributed by atoms with E-state index in [1.54, 1.807) is 6.07 Å². The van der Waals surface area contributed by atoms with Crippen LogP contribution in [0.1, 0.15) is 34.6 Å². The lowest BCUT2D eigenvalue weighted by molar-refractivity contribution is 0.0844. The van der Waals surface area contributed by atoms with Gasteiger partial charge in [-0.3, -0.25) is 20.4 Å². The van der Waals surface area contributed by atoms with Crippen molar-refractivity contribution in [3.63, 3.8) is 0 Å². The fraction of sp³-hybridized carbons (Fsp3) is 0.222. The lowest BCUT2D eigenvalue weighted by atomic mass is 10.2. The summed E-state index contributed by atoms with van der Waals surface area (Å²) in [6.07, 6.45) is -0.0598. The van der Waals surface area contributed by atoms with Crippen molar-refractivity contribution >= 4 is 23.4 Å². The molecule has 0 unspecified atom stereocenters. The van der Waals surface area contributed by atoms with Crippen molar-refractivity contribution in [3.8, 4) is 11.5 Å². The fourth-order valence-electron chi connectivity index (χ4n) is 2.08. The highest BCUT2D eigenvalue weighted by molar-refractivity contribution is 6.31. The summed E-state index contributed by atoms with van der Waals surface area (Å²) in [6.45, 7) is 3.73. The Kier molecular flexibility index (Phi) is 6.41. The third kappa shape index (κ3) is 4.86. The molecule has 2 N–H and O–H groups in total. The van der Waals surface area contributed by atoms with Gasteiger partial charge in [-0.1, -0.05) is 11.6 Å². The standard InChI is InChI=1S/C18H18ClFN2O4/c1-10(2)26-15-7-4-11(8-16(15)25-3)17(23)21-22-18(24)13-9-12(19)5-6-14(13)20/h4-10H,1-3H3,(H,21,23)(H,22,24). The Morgan fingerprint density at radius 2 is 1.73 bits per heavy atom. The summed E-state index contributed by atoms with van der Waals surface area (Å²) in [7, 11) is 1.45. The minimum atomic E-state index is -0.829. The molecule has 0 radical (unpaired) electrons. The first kappa shape index (κ1) is 19.5. The number of halogens is 2. The molecule has 0 aromatic heterocycles. The van der Waals surface area contributed by atoms with E-state index in [0.29, 0.717) is 11.5 Å². The zero-order valence-corrected chi connectivity index (χ0v) is 15.2. The third-order valence-electron chi connectivity index (χ3n) is 3.25. The molecule has 0 aliphatic rings. The largest absolute Gasteiger partial charge is 0.493 e. The van der Waals surface area contributed by atoms with Gasteiger partial charge in [-0.05, 0) is 50.2 Å². The van der Waals surface area contributed by atoms with Gasteiger partial charge in [0.2, 0.25) is 0 Å². The second-order valence-corrected chi connectivity index (χ2v) is 6.00. The van der Waals surface area contributed by atoms with Crippen molar-refractivity contribution in [2.24, 2.45) is 0 Å². The van der Waals surface area contributed by atoms with Crippen molar-refractivity contribution in [1.29, 1.82) is 0 Å². The van der Waals surface area contributed by atoms with E-state index < -0.39 is 17.6 Å². The SMILES string of the molecule is COc1cc(C(=O)NNC(=O)c2cc(Cl)ccc2F)ccc1OC(C)C. The van der Waals surface area contributed by atoms with Crippen LogP contribution in [0.2, 0.25) is 5.02 Å². The average molecular weight is 381 g/mol. The van der Waals surface area contributed by atoms with Crippen LogP contribution in [0.25, 0.3) is 0 Å². The van der Waals surface area contributed by atoms with Gasteiger partial charge in [0.1, 0.15) is 5.82 Å². The molecule has 2 rings (SSSR count). The number of nitrogens with one attached hydrogen (secondary N) is 2. The molecule has 2 amide bonds. The number of hydrogen-bond acceptors (Lipinski definition) is 4. The maximum absolute atomic E-state index is 13.7. The second kappa shape index (κ2) is 8.53. The van der Waals surface area contributed by atoms with E-state index in [-0.39, 0.29) is 22.3 Å². The molecule has 26 heavy (non-hydrogen) atoms. The summed E-state index contributed by atoms with van der Waals surface area (Å²) >= 11 is 5.74. The van der Waals surface area contributed by atoms with E-state index in [2.05, 4.69) is 10.9 Å². The Morgan fingerprint density at radius 3 is 2.38 bits per heavy atom. The smallest absolute Gasteiger partial charge is 0.272 e. The van der Waals surface area contributed by atoms with Crippen LogP contribution in [0.5, 0.6) is 11.5 Å². The summed E-state index contributed by atoms with van der Waals surface area (Å²) < 4.78 is 24.4. The first-order chi connectivity index (χ1) is 12.3. The van der Waals surface area contributed by atoms with Gasteiger partial charge >= 0.3 is 0 Å². The molecule has 0 aliphatic carbocycles. The van der Waals surface area contributed by atoms with Crippen molar-refractivity contribution < 1.29 is 23.5 Å². The molecule has 0 spiro atoms. The Balaban J connectivity index is 2.07. The maximum atomic E-state index is 13.7. The van der Waals surface area contributed by atoms with E-state index in [1.165, 1.54) is 31.4 Å². The molecular formula is C18H18ClFN2O4. The van der Waals surface area contributed by atoms with Gasteiger partial charge < -0.3 is 9.47 Å². The van der Waals surface area contributed by atoms with Crippen molar-refractivity contribution in [1.82, 2.24) is 10.9 Å². The highest BCUT2D eigenvalue weighted by Crippen LogP contribution is 2.28. The monoisotopic (exact) mass is 380 g/mol. The zero-order valence-electron chi connectivity index (χ0n) is 14.4. The van der Waals surface area contributed by atoms with Gasteiger partial charge in [0.25, 0.3) is 11.8 Å². The molecule has 0 saturated heterocycles. The van der Waals surface area contributed by atoms with Crippen molar-refractivity contribution in [3.05, 3.63) is 58.4 Å². The van der Waals surface area contributed by atoms with Gasteiger partial charge in [0, 0.05) is 10.6 Å². The van der Waals surface area contributed by atoms with E-state index in [4.69, 9.17) is 21.1 Å². The number of rotatable bonds is 5. The van der Waals surface area contributed by atoms with Gasteiger partial charge in [-0.15, -0.1) is 0 Å². The van der Waals surface area contributed by atoms with E-state index >= 15 is 0 Å². The van der Waals surface area contributed by atoms with Crippen molar-refractivity contribution in [2.45, 2.75) is 20.0 Å². The second-order valence-electron chi connectivity index (χ2n) is 5.56. The van der Waals surface area contributed by atoms with Crippen LogP contribution < -0.4 is 20.3 Å². The number of carbonyl (C=O) groups is 2. The van der Waals surface area contributed by atoms with Crippen LogP contribution in [-0.4, -0.2) is 25.0 Å². The van der Waals surface area contributed by atoms with E-state index in [9.17, 15) is 14.0 Å². The minimum absolute atomic E-state index is 0.0598. The summed E-state index contributed by atoms with van der Waals surface area (Å²) in [5.41, 5.74) is 4.30. The number of hydrazine groups is 1. The molecule has 138 valence electrons. The molecule has 0 atom stereocenters. The predicted molar refractivity (Wildman–Crippen MR) is 95.1 cm³/mol. The number of methoxy groups -OCH3 is 1. The first-order valence-corrected chi connectivity index (χ1v) is 8.10. The Hall–Kier alpha value is -2.80. The Labute approximate surface area is 155 Å². The predicted octanol–water partition coefficient (Wildman–Crippen LogP) is 3.35. The average Bonchev–Trinajstić information content (AvgIpc) is 2.61. The number of benzene rings is 2. The maximum Gasteiger partial charge on any atom is 0.272 e. The topological polar surface area (TPSA) is 76.7 Å². The van der Waals surface area contributed by atoms with Gasteiger partial charge in [0.15, 0.2) is 11.5 Å². The Bertz CT molecular complexity index is 827. The van der Waals surface area contributed by atoms with Crippen LogP contribution in [0.15, 0.2) is 36.4 Å². The molecule has 6 nitrogen and oxygen atoms in total. The van der Waals surface area contributed by atoms with Crippen LogP contribution in [0.4, 0.5) is 4.39 Å². The molecule has 0 aliphatic heterocycles. The molecule has 0 heterocycles. The number of amides is 2. The zero-order chi connectivity index (χ0) is 19.3. The van der Waals surface area contributed by atoms with Gasteiger partial charge in [0.05, 0.1) is 18.8 Å². The normalized spacial score (nSPS) is 10.4. The molecule has 8 heteroatoms. The molecule has 0 bridgehead atoms. The summed E-state index contributed by atoms with van der Waals surface area (Å²) in [4.78, 5) is 24.2. The van der Waals surface area contributed by atoms with Crippen LogP contribution in [0.3, 0.4) is 0 Å². The summed E-state index contributed by atoms with van der Waals surface area (Å²) in [6, 6.07) is 8.13. The highest BCUT2D eigenvalue weighted by atomic mass is 35.5. The molecular weight excluding hydrogens is 363 g/mol. The highest BCUT2D eigenvalue weighted by Gasteiger charge is 2.15.